The fourth-order valence-corrected chi connectivity index (χ4v) is 4.74. The summed E-state index contributed by atoms with van der Waals surface area (Å²) >= 11 is 0. The molecule has 0 aliphatic heterocycles. The molecule has 0 unspecified atom stereocenters. The third-order valence-electron chi connectivity index (χ3n) is 4.43. The smallest absolute Gasteiger partial charge is 0.323 e. The Kier molecular flexibility index (Phi) is 6.32. The fraction of sp³-hybridized carbons (Fsp3) is 0.438. The summed E-state index contributed by atoms with van der Waals surface area (Å²) in [5.41, 5.74) is 1.97. The molecule has 2 amide bonds. The number of esters is 1. The molecular weight excluding hydrogens is 362 g/mol. The minimum atomic E-state index is -3.55. The van der Waals surface area contributed by atoms with Gasteiger partial charge in [-0.25, -0.2) is 14.3 Å². The molecule has 142 valence electrons. The number of nitrogens with two attached hydrogens (primary N) is 1. The molecule has 4 N–H and O–H groups in total. The Labute approximate surface area is 151 Å². The number of rotatable bonds is 4. The molecule has 0 bridgehead atoms. The Morgan fingerprint density at radius 3 is 2.12 bits per heavy atom. The summed E-state index contributed by atoms with van der Waals surface area (Å²) in [6.07, 6.45) is 1.71. The van der Waals surface area contributed by atoms with E-state index in [-0.39, 0.29) is 22.5 Å². The third kappa shape index (κ3) is 4.38. The van der Waals surface area contributed by atoms with Gasteiger partial charge in [0.2, 0.25) is 0 Å². The van der Waals surface area contributed by atoms with Crippen molar-refractivity contribution < 1.29 is 27.5 Å². The molecule has 1 aliphatic rings. The fourth-order valence-electron chi connectivity index (χ4n) is 2.95. The number of anilines is 1. The average molecular weight is 383 g/mol. The van der Waals surface area contributed by atoms with Crippen LogP contribution >= 0.6 is 0 Å². The maximum atomic E-state index is 12.7. The normalized spacial score (nSPS) is 20.1. The number of carbonyl (C=O) groups is 3. The predicted octanol–water partition coefficient (Wildman–Crippen LogP) is 0.121. The van der Waals surface area contributed by atoms with E-state index in [9.17, 15) is 22.8 Å². The van der Waals surface area contributed by atoms with Crippen LogP contribution in [-0.4, -0.2) is 38.6 Å². The lowest BCUT2D eigenvalue weighted by atomic mass is 9.89. The molecule has 2 rings (SSSR count). The number of methoxy groups -OCH3 is 1. The van der Waals surface area contributed by atoms with Gasteiger partial charge >= 0.3 is 17.8 Å². The van der Waals surface area contributed by atoms with Crippen LogP contribution in [0.4, 0.5) is 5.69 Å². The molecular formula is C16H21N3O6S. The van der Waals surface area contributed by atoms with Gasteiger partial charge in [0.05, 0.1) is 23.2 Å². The number of carbonyl (C=O) groups excluding carboxylic acids is 3. The number of sulfone groups is 1. The van der Waals surface area contributed by atoms with Crippen LogP contribution in [0.5, 0.6) is 0 Å². The number of amides is 2. The summed E-state index contributed by atoms with van der Waals surface area (Å²) in [5.74, 6) is 2.34. The summed E-state index contributed by atoms with van der Waals surface area (Å²) in [4.78, 5) is 34.2. The number of hydrogen-bond acceptors (Lipinski definition) is 7. The first-order chi connectivity index (χ1) is 12.3. The summed E-state index contributed by atoms with van der Waals surface area (Å²) in [6, 6.07) is 5.54. The summed E-state index contributed by atoms with van der Waals surface area (Å²) in [6.45, 7) is 0. The molecule has 1 aromatic rings. The zero-order chi connectivity index (χ0) is 19.3. The molecule has 0 aromatic heterocycles. The van der Waals surface area contributed by atoms with Crippen molar-refractivity contribution >= 4 is 33.3 Å². The molecule has 0 heterocycles. The van der Waals surface area contributed by atoms with Crippen LogP contribution in [0.25, 0.3) is 0 Å². The summed E-state index contributed by atoms with van der Waals surface area (Å²) in [5, 5.41) is 1.74. The van der Waals surface area contributed by atoms with Gasteiger partial charge in [-0.15, -0.1) is 0 Å². The van der Waals surface area contributed by atoms with Crippen molar-refractivity contribution in [1.82, 2.24) is 5.43 Å². The molecule has 10 heteroatoms. The molecule has 26 heavy (non-hydrogen) atoms. The Bertz CT molecular complexity index is 783. The molecule has 0 spiro atoms. The maximum absolute atomic E-state index is 12.7. The molecule has 1 saturated carbocycles. The zero-order valence-corrected chi connectivity index (χ0v) is 15.0. The van der Waals surface area contributed by atoms with Crippen LogP contribution in [0, 0.1) is 5.92 Å². The Morgan fingerprint density at radius 2 is 1.62 bits per heavy atom. The summed E-state index contributed by atoms with van der Waals surface area (Å²) < 4.78 is 30.2. The number of hydrogen-bond donors (Lipinski definition) is 3. The largest absolute Gasteiger partial charge is 0.469 e. The van der Waals surface area contributed by atoms with Crippen molar-refractivity contribution in [2.45, 2.75) is 35.8 Å². The monoisotopic (exact) mass is 383 g/mol. The van der Waals surface area contributed by atoms with E-state index in [0.717, 1.165) is 0 Å². The molecule has 1 aliphatic carbocycles. The lowest BCUT2D eigenvalue weighted by Crippen LogP contribution is -2.39. The minimum Gasteiger partial charge on any atom is -0.469 e. The van der Waals surface area contributed by atoms with Crippen molar-refractivity contribution in [2.75, 3.05) is 12.4 Å². The number of hydrazine groups is 1. The predicted molar refractivity (Wildman–Crippen MR) is 92.3 cm³/mol. The van der Waals surface area contributed by atoms with Gasteiger partial charge in [-0.1, -0.05) is 0 Å². The highest BCUT2D eigenvalue weighted by Crippen LogP contribution is 2.32. The van der Waals surface area contributed by atoms with E-state index in [1.807, 2.05) is 0 Å². The first-order valence-electron chi connectivity index (χ1n) is 8.03. The quantitative estimate of drug-likeness (QED) is 0.220. The zero-order valence-electron chi connectivity index (χ0n) is 14.2. The Balaban J connectivity index is 2.05. The summed E-state index contributed by atoms with van der Waals surface area (Å²) in [7, 11) is -2.23. The van der Waals surface area contributed by atoms with Crippen LogP contribution in [0.2, 0.25) is 0 Å². The van der Waals surface area contributed by atoms with E-state index in [1.54, 1.807) is 5.43 Å². The molecule has 0 radical (unpaired) electrons. The van der Waals surface area contributed by atoms with Crippen LogP contribution in [0.1, 0.15) is 25.7 Å². The van der Waals surface area contributed by atoms with Gasteiger partial charge in [0.1, 0.15) is 0 Å². The number of nitrogens with one attached hydrogen (secondary N) is 2. The van der Waals surface area contributed by atoms with E-state index < -0.39 is 26.9 Å². The second kappa shape index (κ2) is 8.28. The lowest BCUT2D eigenvalue weighted by Gasteiger charge is -2.26. The van der Waals surface area contributed by atoms with Crippen LogP contribution in [0.15, 0.2) is 29.2 Å². The second-order valence-corrected chi connectivity index (χ2v) is 8.22. The number of benzene rings is 1. The highest BCUT2D eigenvalue weighted by molar-refractivity contribution is 7.92. The molecule has 1 aromatic carbocycles. The van der Waals surface area contributed by atoms with Gasteiger partial charge in [0, 0.05) is 5.69 Å². The van der Waals surface area contributed by atoms with Crippen molar-refractivity contribution in [1.29, 1.82) is 0 Å². The van der Waals surface area contributed by atoms with E-state index in [1.165, 1.54) is 31.4 Å². The standard InChI is InChI=1S/C16H21N3O6S/c1-25-16(22)10-2-6-12(7-3-10)26(23,24)13-8-4-11(5-9-13)18-14(20)15(21)19-17/h4-5,8-10,12H,2-3,6-7,17H2,1H3,(H,18,20)(H,19,21)/t10-,12+. The number of ether oxygens (including phenoxy) is 1. The van der Waals surface area contributed by atoms with E-state index in [2.05, 4.69) is 5.32 Å². The van der Waals surface area contributed by atoms with E-state index >= 15 is 0 Å². The third-order valence-corrected chi connectivity index (χ3v) is 6.70. The van der Waals surface area contributed by atoms with Crippen LogP contribution in [-0.2, 0) is 29.0 Å². The van der Waals surface area contributed by atoms with Gasteiger partial charge < -0.3 is 10.1 Å². The van der Waals surface area contributed by atoms with Crippen molar-refractivity contribution in [3.63, 3.8) is 0 Å². The molecule has 9 nitrogen and oxygen atoms in total. The second-order valence-electron chi connectivity index (χ2n) is 5.99. The lowest BCUT2D eigenvalue weighted by molar-refractivity contribution is -0.146. The van der Waals surface area contributed by atoms with Gasteiger partial charge in [-0.2, -0.15) is 0 Å². The first-order valence-corrected chi connectivity index (χ1v) is 9.58. The SMILES string of the molecule is COC(=O)[C@H]1CC[C@@H](S(=O)(=O)c2ccc(NC(=O)C(=O)NN)cc2)CC1. The first kappa shape index (κ1) is 19.9. The van der Waals surface area contributed by atoms with Crippen LogP contribution in [0.3, 0.4) is 0 Å². The molecule has 1 fully saturated rings. The average Bonchev–Trinajstić information content (AvgIpc) is 2.67. The van der Waals surface area contributed by atoms with E-state index in [4.69, 9.17) is 10.6 Å². The van der Waals surface area contributed by atoms with Gasteiger partial charge in [0.15, 0.2) is 9.84 Å². The van der Waals surface area contributed by atoms with Gasteiger partial charge in [-0.05, 0) is 49.9 Å². The van der Waals surface area contributed by atoms with Crippen molar-refractivity contribution in [3.8, 4) is 0 Å². The van der Waals surface area contributed by atoms with E-state index in [0.29, 0.717) is 25.7 Å². The van der Waals surface area contributed by atoms with Crippen LogP contribution < -0.4 is 16.6 Å². The topological polar surface area (TPSA) is 145 Å². The Hall–Kier alpha value is -2.46. The minimum absolute atomic E-state index is 0.125. The van der Waals surface area contributed by atoms with Crippen molar-refractivity contribution in [2.24, 2.45) is 11.8 Å². The Morgan fingerprint density at radius 1 is 1.04 bits per heavy atom. The maximum Gasteiger partial charge on any atom is 0.323 e. The molecule has 0 saturated heterocycles. The highest BCUT2D eigenvalue weighted by Gasteiger charge is 2.34. The van der Waals surface area contributed by atoms with Crippen molar-refractivity contribution in [3.05, 3.63) is 24.3 Å². The highest BCUT2D eigenvalue weighted by atomic mass is 32.2. The van der Waals surface area contributed by atoms with Gasteiger partial charge in [-0.3, -0.25) is 19.8 Å². The molecule has 0 atom stereocenters. The van der Waals surface area contributed by atoms with Gasteiger partial charge in [0.25, 0.3) is 0 Å².